The van der Waals surface area contributed by atoms with Crippen LogP contribution in [0.15, 0.2) is 29.6 Å². The molecule has 1 aromatic heterocycles. The summed E-state index contributed by atoms with van der Waals surface area (Å²) in [5.41, 5.74) is 1.89. The zero-order valence-electron chi connectivity index (χ0n) is 12.7. The molecule has 2 rings (SSSR count). The van der Waals surface area contributed by atoms with Crippen molar-refractivity contribution >= 4 is 21.5 Å². The minimum absolute atomic E-state index is 0.326. The van der Waals surface area contributed by atoms with Gasteiger partial charge in [-0.25, -0.2) is 9.71 Å². The summed E-state index contributed by atoms with van der Waals surface area (Å²) in [6.07, 6.45) is 0.555. The Morgan fingerprint density at radius 1 is 1.27 bits per heavy atom. The molecule has 1 aromatic carbocycles. The molecule has 0 radical (unpaired) electrons. The van der Waals surface area contributed by atoms with E-state index in [9.17, 15) is 8.42 Å². The third-order valence-electron chi connectivity index (χ3n) is 3.04. The minimum atomic E-state index is -3.38. The summed E-state index contributed by atoms with van der Waals surface area (Å²) >= 11 is 1.54. The summed E-state index contributed by atoms with van der Waals surface area (Å²) < 4.78 is 32.0. The van der Waals surface area contributed by atoms with Crippen molar-refractivity contribution in [2.75, 3.05) is 27.7 Å². The number of aromatic nitrogens is 1. The van der Waals surface area contributed by atoms with Crippen LogP contribution in [0.5, 0.6) is 5.75 Å². The van der Waals surface area contributed by atoms with Crippen LogP contribution >= 0.6 is 11.3 Å². The highest BCUT2D eigenvalue weighted by Crippen LogP contribution is 2.25. The van der Waals surface area contributed by atoms with Crippen LogP contribution in [0.1, 0.15) is 5.69 Å². The molecule has 0 amide bonds. The van der Waals surface area contributed by atoms with Gasteiger partial charge in [-0.3, -0.25) is 0 Å². The number of ether oxygens (including phenoxy) is 1. The van der Waals surface area contributed by atoms with Crippen molar-refractivity contribution in [2.24, 2.45) is 0 Å². The Kier molecular flexibility index (Phi) is 5.52. The molecule has 0 bridgehead atoms. The van der Waals surface area contributed by atoms with Crippen molar-refractivity contribution in [3.05, 3.63) is 35.3 Å². The maximum Gasteiger partial charge on any atom is 0.278 e. The lowest BCUT2D eigenvalue weighted by Gasteiger charge is -2.11. The van der Waals surface area contributed by atoms with E-state index in [2.05, 4.69) is 9.71 Å². The molecule has 0 unspecified atom stereocenters. The lowest BCUT2D eigenvalue weighted by molar-refractivity contribution is 0.415. The van der Waals surface area contributed by atoms with Gasteiger partial charge in [-0.05, 0) is 24.3 Å². The predicted molar refractivity (Wildman–Crippen MR) is 88.4 cm³/mol. The number of benzene rings is 1. The van der Waals surface area contributed by atoms with Crippen molar-refractivity contribution in [3.63, 3.8) is 0 Å². The summed E-state index contributed by atoms with van der Waals surface area (Å²) in [5.74, 6) is 0.804. The fourth-order valence-corrected chi connectivity index (χ4v) is 3.20. The highest BCUT2D eigenvalue weighted by atomic mass is 32.2. The van der Waals surface area contributed by atoms with E-state index in [1.807, 2.05) is 29.6 Å². The molecule has 0 atom stereocenters. The number of hydrogen-bond acceptors (Lipinski definition) is 5. The normalized spacial score (nSPS) is 11.8. The highest BCUT2D eigenvalue weighted by molar-refractivity contribution is 7.87. The summed E-state index contributed by atoms with van der Waals surface area (Å²) in [6.45, 7) is 0.326. The van der Waals surface area contributed by atoms with Gasteiger partial charge in [0.15, 0.2) is 0 Å². The first-order chi connectivity index (χ1) is 10.4. The lowest BCUT2D eigenvalue weighted by atomic mass is 10.2. The molecule has 8 heteroatoms. The first-order valence-electron chi connectivity index (χ1n) is 6.68. The molecule has 1 N–H and O–H groups in total. The first kappa shape index (κ1) is 16.9. The van der Waals surface area contributed by atoms with Crippen LogP contribution in [0.2, 0.25) is 0 Å². The van der Waals surface area contributed by atoms with Crippen LogP contribution in [0, 0.1) is 0 Å². The molecule has 0 fully saturated rings. The van der Waals surface area contributed by atoms with E-state index < -0.39 is 10.2 Å². The topological polar surface area (TPSA) is 71.5 Å². The van der Waals surface area contributed by atoms with Gasteiger partial charge in [0.1, 0.15) is 10.8 Å². The van der Waals surface area contributed by atoms with Gasteiger partial charge in [-0.15, -0.1) is 11.3 Å². The number of hydrogen-bond donors (Lipinski definition) is 1. The largest absolute Gasteiger partial charge is 0.497 e. The quantitative estimate of drug-likeness (QED) is 0.833. The Balaban J connectivity index is 1.96. The molecule has 0 saturated heterocycles. The summed E-state index contributed by atoms with van der Waals surface area (Å²) in [5, 5.41) is 2.86. The van der Waals surface area contributed by atoms with Gasteiger partial charge in [-0.2, -0.15) is 12.7 Å². The van der Waals surface area contributed by atoms with E-state index in [0.717, 1.165) is 26.3 Å². The fourth-order valence-electron chi connectivity index (χ4n) is 1.73. The van der Waals surface area contributed by atoms with Gasteiger partial charge in [0.05, 0.1) is 12.8 Å². The second-order valence-corrected chi connectivity index (χ2v) is 7.63. The summed E-state index contributed by atoms with van der Waals surface area (Å²) in [4.78, 5) is 4.53. The molecule has 0 spiro atoms. The Hall–Kier alpha value is -1.48. The van der Waals surface area contributed by atoms with Crippen molar-refractivity contribution < 1.29 is 13.2 Å². The van der Waals surface area contributed by atoms with Gasteiger partial charge < -0.3 is 4.74 Å². The molecule has 0 saturated carbocycles. The van der Waals surface area contributed by atoms with Gasteiger partial charge in [0.25, 0.3) is 10.2 Å². The van der Waals surface area contributed by atoms with E-state index in [-0.39, 0.29) is 0 Å². The number of nitrogens with zero attached hydrogens (tertiary/aromatic N) is 2. The van der Waals surface area contributed by atoms with Crippen LogP contribution in [-0.2, 0) is 16.6 Å². The van der Waals surface area contributed by atoms with Gasteiger partial charge in [0, 0.05) is 38.0 Å². The number of nitrogens with one attached hydrogen (secondary N) is 1. The minimum Gasteiger partial charge on any atom is -0.497 e. The highest BCUT2D eigenvalue weighted by Gasteiger charge is 2.12. The second-order valence-electron chi connectivity index (χ2n) is 4.80. The molecule has 1 heterocycles. The molecule has 0 aliphatic carbocycles. The van der Waals surface area contributed by atoms with Gasteiger partial charge in [-0.1, -0.05) is 0 Å². The molecule has 0 aliphatic rings. The van der Waals surface area contributed by atoms with E-state index >= 15 is 0 Å². The molecule has 2 aromatic rings. The first-order valence-corrected chi connectivity index (χ1v) is 9.00. The van der Waals surface area contributed by atoms with Crippen molar-refractivity contribution in [1.82, 2.24) is 14.0 Å². The van der Waals surface area contributed by atoms with Crippen LogP contribution in [0.3, 0.4) is 0 Å². The average Bonchev–Trinajstić information content (AvgIpc) is 2.96. The van der Waals surface area contributed by atoms with E-state index in [0.29, 0.717) is 13.0 Å². The summed E-state index contributed by atoms with van der Waals surface area (Å²) in [7, 11) is 1.24. The third-order valence-corrected chi connectivity index (χ3v) is 5.51. The van der Waals surface area contributed by atoms with E-state index in [4.69, 9.17) is 4.74 Å². The predicted octanol–water partition coefficient (Wildman–Crippen LogP) is 1.76. The average molecular weight is 341 g/mol. The standard InChI is InChI=1S/C14H19N3O3S2/c1-17(2)22(18,19)15-9-8-12-10-21-14(16-12)11-4-6-13(20-3)7-5-11/h4-7,10,15H,8-9H2,1-3H3. The van der Waals surface area contributed by atoms with Crippen molar-refractivity contribution in [3.8, 4) is 16.3 Å². The second kappa shape index (κ2) is 7.19. The van der Waals surface area contributed by atoms with Crippen LogP contribution in [0.25, 0.3) is 10.6 Å². The molecule has 6 nitrogen and oxygen atoms in total. The van der Waals surface area contributed by atoms with E-state index in [1.165, 1.54) is 14.1 Å². The Morgan fingerprint density at radius 2 is 1.95 bits per heavy atom. The smallest absolute Gasteiger partial charge is 0.278 e. The Morgan fingerprint density at radius 3 is 2.55 bits per heavy atom. The molecular formula is C14H19N3O3S2. The van der Waals surface area contributed by atoms with Crippen LogP contribution < -0.4 is 9.46 Å². The number of thiazole rings is 1. The zero-order valence-corrected chi connectivity index (χ0v) is 14.4. The third kappa shape index (κ3) is 4.26. The van der Waals surface area contributed by atoms with Gasteiger partial charge in [0.2, 0.25) is 0 Å². The number of rotatable bonds is 7. The molecule has 0 aliphatic heterocycles. The van der Waals surface area contributed by atoms with Crippen LogP contribution in [0.4, 0.5) is 0 Å². The van der Waals surface area contributed by atoms with Gasteiger partial charge >= 0.3 is 0 Å². The fraction of sp³-hybridized carbons (Fsp3) is 0.357. The molecule has 120 valence electrons. The van der Waals surface area contributed by atoms with Crippen molar-refractivity contribution in [2.45, 2.75) is 6.42 Å². The number of methoxy groups -OCH3 is 1. The molecule has 22 heavy (non-hydrogen) atoms. The summed E-state index contributed by atoms with van der Waals surface area (Å²) in [6, 6.07) is 7.69. The maximum atomic E-state index is 11.6. The zero-order chi connectivity index (χ0) is 16.2. The lowest BCUT2D eigenvalue weighted by Crippen LogP contribution is -2.36. The van der Waals surface area contributed by atoms with Crippen molar-refractivity contribution in [1.29, 1.82) is 0 Å². The van der Waals surface area contributed by atoms with E-state index in [1.54, 1.807) is 18.4 Å². The Bertz CT molecular complexity index is 709. The molecular weight excluding hydrogens is 322 g/mol. The maximum absolute atomic E-state index is 11.6. The van der Waals surface area contributed by atoms with Crippen LogP contribution in [-0.4, -0.2) is 45.5 Å². The SMILES string of the molecule is COc1ccc(-c2nc(CCNS(=O)(=O)N(C)C)cs2)cc1. The Labute approximate surface area is 134 Å². The monoisotopic (exact) mass is 341 g/mol.